The molecule has 0 saturated carbocycles. The van der Waals surface area contributed by atoms with Gasteiger partial charge in [0.1, 0.15) is 6.54 Å². The summed E-state index contributed by atoms with van der Waals surface area (Å²) in [7, 11) is 0. The Morgan fingerprint density at radius 2 is 2.09 bits per heavy atom. The number of nitrogens with zero attached hydrogens (tertiary/aromatic N) is 3. The van der Waals surface area contributed by atoms with Crippen LogP contribution < -0.4 is 11.1 Å². The summed E-state index contributed by atoms with van der Waals surface area (Å²) in [4.78, 5) is 15.8. The van der Waals surface area contributed by atoms with Crippen LogP contribution in [0.15, 0.2) is 6.07 Å². The van der Waals surface area contributed by atoms with E-state index < -0.39 is 11.7 Å². The first-order valence-corrected chi connectivity index (χ1v) is 6.62. The summed E-state index contributed by atoms with van der Waals surface area (Å²) in [5.74, 6) is -0.383. The Labute approximate surface area is 124 Å². The van der Waals surface area contributed by atoms with E-state index >= 15 is 0 Å². The van der Waals surface area contributed by atoms with Crippen molar-refractivity contribution in [2.75, 3.05) is 13.1 Å². The normalized spacial score (nSPS) is 11.9. The number of carbonyl (C=O) groups excluding carboxylic acids is 1. The van der Waals surface area contributed by atoms with Gasteiger partial charge in [-0.1, -0.05) is 0 Å². The van der Waals surface area contributed by atoms with Crippen LogP contribution in [0.5, 0.6) is 0 Å². The first kappa shape index (κ1) is 16.2. The number of amides is 1. The van der Waals surface area contributed by atoms with Gasteiger partial charge in [0.25, 0.3) is 0 Å². The van der Waals surface area contributed by atoms with Gasteiger partial charge in [0.2, 0.25) is 5.91 Å². The highest BCUT2D eigenvalue weighted by atomic mass is 19.4. The van der Waals surface area contributed by atoms with Crippen LogP contribution >= 0.6 is 0 Å². The lowest BCUT2D eigenvalue weighted by atomic mass is 10.1. The highest BCUT2D eigenvalue weighted by molar-refractivity contribution is 5.85. The first-order chi connectivity index (χ1) is 10.2. The SMILES string of the molecule is Cc1cc(C(F)(F)F)c2c(C)nn(CC(=O)NCCN)c2n1. The third-order valence-electron chi connectivity index (χ3n) is 3.07. The highest BCUT2D eigenvalue weighted by Gasteiger charge is 2.35. The van der Waals surface area contributed by atoms with Crippen LogP contribution in [-0.2, 0) is 17.5 Å². The zero-order valence-corrected chi connectivity index (χ0v) is 12.2. The molecule has 0 aliphatic rings. The van der Waals surface area contributed by atoms with Crippen LogP contribution in [0.1, 0.15) is 17.0 Å². The van der Waals surface area contributed by atoms with Crippen LogP contribution in [0.4, 0.5) is 13.2 Å². The van der Waals surface area contributed by atoms with E-state index in [-0.39, 0.29) is 48.0 Å². The summed E-state index contributed by atoms with van der Waals surface area (Å²) in [6, 6.07) is 0.982. The summed E-state index contributed by atoms with van der Waals surface area (Å²) in [5.41, 5.74) is 4.93. The largest absolute Gasteiger partial charge is 0.417 e. The van der Waals surface area contributed by atoms with Gasteiger partial charge in [0.05, 0.1) is 16.6 Å². The maximum Gasteiger partial charge on any atom is 0.417 e. The Hall–Kier alpha value is -2.16. The fourth-order valence-corrected chi connectivity index (χ4v) is 2.22. The van der Waals surface area contributed by atoms with Gasteiger partial charge in [-0.3, -0.25) is 4.79 Å². The Bertz CT molecular complexity index is 708. The molecule has 2 aromatic heterocycles. The molecule has 120 valence electrons. The zero-order chi connectivity index (χ0) is 16.5. The fraction of sp³-hybridized carbons (Fsp3) is 0.462. The molecule has 6 nitrogen and oxygen atoms in total. The molecule has 0 radical (unpaired) electrons. The number of aryl methyl sites for hydroxylation is 2. The number of halogens is 3. The predicted molar refractivity (Wildman–Crippen MR) is 74.1 cm³/mol. The molecule has 0 bridgehead atoms. The number of hydrogen-bond acceptors (Lipinski definition) is 4. The Morgan fingerprint density at radius 1 is 1.41 bits per heavy atom. The molecule has 22 heavy (non-hydrogen) atoms. The van der Waals surface area contributed by atoms with E-state index in [2.05, 4.69) is 15.4 Å². The van der Waals surface area contributed by atoms with Gasteiger partial charge < -0.3 is 11.1 Å². The van der Waals surface area contributed by atoms with E-state index in [9.17, 15) is 18.0 Å². The predicted octanol–water partition coefficient (Wildman–Crippen LogP) is 1.14. The lowest BCUT2D eigenvalue weighted by molar-refractivity contribution is -0.136. The minimum absolute atomic E-state index is 0.0488. The summed E-state index contributed by atoms with van der Waals surface area (Å²) in [6.07, 6.45) is -4.51. The minimum atomic E-state index is -4.51. The molecule has 0 aliphatic carbocycles. The second-order valence-electron chi connectivity index (χ2n) is 4.89. The van der Waals surface area contributed by atoms with E-state index in [0.29, 0.717) is 0 Å². The minimum Gasteiger partial charge on any atom is -0.353 e. The Morgan fingerprint density at radius 3 is 2.68 bits per heavy atom. The number of fused-ring (bicyclic) bond motifs is 1. The highest BCUT2D eigenvalue weighted by Crippen LogP contribution is 2.36. The maximum absolute atomic E-state index is 13.2. The van der Waals surface area contributed by atoms with Crippen molar-refractivity contribution in [2.24, 2.45) is 5.73 Å². The molecule has 2 heterocycles. The van der Waals surface area contributed by atoms with Crippen LogP contribution in [-0.4, -0.2) is 33.8 Å². The molecule has 0 fully saturated rings. The molecule has 3 N–H and O–H groups in total. The average molecular weight is 315 g/mol. The number of pyridine rings is 1. The number of hydrogen-bond donors (Lipinski definition) is 2. The van der Waals surface area contributed by atoms with Gasteiger partial charge in [-0.15, -0.1) is 0 Å². The summed E-state index contributed by atoms with van der Waals surface area (Å²) >= 11 is 0. The monoisotopic (exact) mass is 315 g/mol. The van der Waals surface area contributed by atoms with Gasteiger partial charge in [0, 0.05) is 18.8 Å². The zero-order valence-electron chi connectivity index (χ0n) is 12.2. The van der Waals surface area contributed by atoms with E-state index in [1.165, 1.54) is 18.5 Å². The molecule has 2 aromatic rings. The van der Waals surface area contributed by atoms with Crippen LogP contribution in [0.25, 0.3) is 11.0 Å². The molecular formula is C13H16F3N5O. The molecule has 2 rings (SSSR count). The first-order valence-electron chi connectivity index (χ1n) is 6.62. The number of alkyl halides is 3. The van der Waals surface area contributed by atoms with Gasteiger partial charge in [-0.25, -0.2) is 9.67 Å². The lowest BCUT2D eigenvalue weighted by Crippen LogP contribution is -2.32. The van der Waals surface area contributed by atoms with Crippen LogP contribution in [0.3, 0.4) is 0 Å². The molecule has 0 aromatic carbocycles. The molecule has 9 heteroatoms. The van der Waals surface area contributed by atoms with Gasteiger partial charge >= 0.3 is 6.18 Å². The number of aromatic nitrogens is 3. The standard InChI is InChI=1S/C13H16F3N5O/c1-7-5-9(13(14,15)16)11-8(2)20-21(12(11)19-7)6-10(22)18-4-3-17/h5H,3-4,6,17H2,1-2H3,(H,18,22). The topological polar surface area (TPSA) is 85.8 Å². The molecule has 0 saturated heterocycles. The molecule has 0 spiro atoms. The third kappa shape index (κ3) is 3.19. The van der Waals surface area contributed by atoms with Crippen molar-refractivity contribution in [2.45, 2.75) is 26.6 Å². The Kier molecular flexibility index (Phi) is 4.36. The van der Waals surface area contributed by atoms with Crippen molar-refractivity contribution in [1.82, 2.24) is 20.1 Å². The van der Waals surface area contributed by atoms with Gasteiger partial charge in [0.15, 0.2) is 5.65 Å². The quantitative estimate of drug-likeness (QED) is 0.886. The third-order valence-corrected chi connectivity index (χ3v) is 3.07. The average Bonchev–Trinajstić information content (AvgIpc) is 2.71. The number of carbonyl (C=O) groups is 1. The summed E-state index contributed by atoms with van der Waals surface area (Å²) < 4.78 is 40.7. The smallest absolute Gasteiger partial charge is 0.353 e. The second kappa shape index (κ2) is 5.91. The maximum atomic E-state index is 13.2. The van der Waals surface area contributed by atoms with E-state index in [1.807, 2.05) is 0 Å². The second-order valence-corrected chi connectivity index (χ2v) is 4.89. The van der Waals surface area contributed by atoms with E-state index in [1.54, 1.807) is 0 Å². The van der Waals surface area contributed by atoms with Gasteiger partial charge in [-0.2, -0.15) is 18.3 Å². The molecule has 0 aliphatic heterocycles. The molecule has 1 amide bonds. The van der Waals surface area contributed by atoms with E-state index in [4.69, 9.17) is 5.73 Å². The molecule has 0 atom stereocenters. The molecule has 0 unspecified atom stereocenters. The van der Waals surface area contributed by atoms with Crippen molar-refractivity contribution in [3.8, 4) is 0 Å². The summed E-state index contributed by atoms with van der Waals surface area (Å²) in [5, 5.41) is 6.48. The number of nitrogens with one attached hydrogen (secondary N) is 1. The van der Waals surface area contributed by atoms with Crippen molar-refractivity contribution < 1.29 is 18.0 Å². The van der Waals surface area contributed by atoms with Crippen molar-refractivity contribution in [1.29, 1.82) is 0 Å². The van der Waals surface area contributed by atoms with Gasteiger partial charge in [-0.05, 0) is 19.9 Å². The van der Waals surface area contributed by atoms with Crippen molar-refractivity contribution >= 4 is 16.9 Å². The van der Waals surface area contributed by atoms with Crippen LogP contribution in [0, 0.1) is 13.8 Å². The molecular weight excluding hydrogens is 299 g/mol. The summed E-state index contributed by atoms with van der Waals surface area (Å²) in [6.45, 7) is 3.29. The Balaban J connectivity index is 2.50. The fourth-order valence-electron chi connectivity index (χ4n) is 2.22. The van der Waals surface area contributed by atoms with Crippen molar-refractivity contribution in [3.05, 3.63) is 23.0 Å². The lowest BCUT2D eigenvalue weighted by Gasteiger charge is -2.10. The van der Waals surface area contributed by atoms with Crippen molar-refractivity contribution in [3.63, 3.8) is 0 Å². The number of nitrogens with two attached hydrogens (primary N) is 1. The van der Waals surface area contributed by atoms with Crippen LogP contribution in [0.2, 0.25) is 0 Å². The number of rotatable bonds is 4. The van der Waals surface area contributed by atoms with E-state index in [0.717, 1.165) is 6.07 Å².